The molecule has 6 heteroatoms. The first-order chi connectivity index (χ1) is 8.46. The van der Waals surface area contributed by atoms with Crippen LogP contribution in [0.3, 0.4) is 0 Å². The Balaban J connectivity index is 1.66. The third-order valence-electron chi connectivity index (χ3n) is 3.12. The first-order valence-electron chi connectivity index (χ1n) is 6.19. The fraction of sp³-hybridized carbons (Fsp3) is 0.667. The summed E-state index contributed by atoms with van der Waals surface area (Å²) >= 11 is 0. The lowest BCUT2D eigenvalue weighted by atomic mass is 10.3. The molecule has 1 heterocycles. The van der Waals surface area contributed by atoms with Crippen molar-refractivity contribution in [1.82, 2.24) is 10.0 Å². The van der Waals surface area contributed by atoms with Gasteiger partial charge in [0.15, 0.2) is 0 Å². The zero-order chi connectivity index (χ0) is 13.2. The zero-order valence-corrected chi connectivity index (χ0v) is 11.6. The van der Waals surface area contributed by atoms with Gasteiger partial charge in [0, 0.05) is 19.0 Å². The molecule has 1 aliphatic rings. The molecule has 1 saturated carbocycles. The first-order valence-corrected chi connectivity index (χ1v) is 8.09. The van der Waals surface area contributed by atoms with Gasteiger partial charge in [0.25, 0.3) is 0 Å². The lowest BCUT2D eigenvalue weighted by Gasteiger charge is -2.03. The Morgan fingerprint density at radius 1 is 1.39 bits per heavy atom. The van der Waals surface area contributed by atoms with Crippen LogP contribution in [0.4, 0.5) is 0 Å². The predicted molar refractivity (Wildman–Crippen MR) is 69.8 cm³/mol. The van der Waals surface area contributed by atoms with Crippen molar-refractivity contribution < 1.29 is 12.8 Å². The van der Waals surface area contributed by atoms with Gasteiger partial charge in [0.05, 0.1) is 12.8 Å². The van der Waals surface area contributed by atoms with Crippen LogP contribution < -0.4 is 10.0 Å². The fourth-order valence-electron chi connectivity index (χ4n) is 1.94. The second-order valence-electron chi connectivity index (χ2n) is 4.97. The Morgan fingerprint density at radius 2 is 2.11 bits per heavy atom. The van der Waals surface area contributed by atoms with Crippen molar-refractivity contribution in [1.29, 1.82) is 0 Å². The predicted octanol–water partition coefficient (Wildman–Crippen LogP) is 1.04. The molecule has 0 amide bonds. The fourth-order valence-corrected chi connectivity index (χ4v) is 2.42. The van der Waals surface area contributed by atoms with Gasteiger partial charge in [-0.3, -0.25) is 0 Å². The van der Waals surface area contributed by atoms with Gasteiger partial charge in [0.2, 0.25) is 10.0 Å². The highest BCUT2D eigenvalue weighted by atomic mass is 32.2. The van der Waals surface area contributed by atoms with Crippen LogP contribution in [0, 0.1) is 5.92 Å². The van der Waals surface area contributed by atoms with Crippen molar-refractivity contribution in [3.05, 3.63) is 23.7 Å². The van der Waals surface area contributed by atoms with E-state index in [0.717, 1.165) is 23.7 Å². The van der Waals surface area contributed by atoms with Crippen molar-refractivity contribution >= 4 is 10.0 Å². The first kappa shape index (κ1) is 13.6. The van der Waals surface area contributed by atoms with Crippen LogP contribution in [0.25, 0.3) is 0 Å². The van der Waals surface area contributed by atoms with Gasteiger partial charge < -0.3 is 9.73 Å². The van der Waals surface area contributed by atoms with Crippen molar-refractivity contribution in [2.75, 3.05) is 19.3 Å². The molecule has 2 atom stereocenters. The third kappa shape index (κ3) is 4.12. The Hall–Kier alpha value is -0.850. The van der Waals surface area contributed by atoms with E-state index in [9.17, 15) is 8.42 Å². The lowest BCUT2D eigenvalue weighted by Crippen LogP contribution is -2.30. The van der Waals surface area contributed by atoms with E-state index in [4.69, 9.17) is 4.42 Å². The molecular formula is C12H20N2O3S. The number of rotatable bonds is 7. The Morgan fingerprint density at radius 3 is 2.72 bits per heavy atom. The third-order valence-corrected chi connectivity index (χ3v) is 3.85. The van der Waals surface area contributed by atoms with Gasteiger partial charge in [-0.2, -0.15) is 0 Å². The molecule has 5 nitrogen and oxygen atoms in total. The maximum atomic E-state index is 10.8. The number of hydrogen-bond donors (Lipinski definition) is 2. The van der Waals surface area contributed by atoms with E-state index >= 15 is 0 Å². The molecule has 0 saturated heterocycles. The Kier molecular flexibility index (Phi) is 4.09. The van der Waals surface area contributed by atoms with E-state index < -0.39 is 10.0 Å². The highest BCUT2D eigenvalue weighted by Crippen LogP contribution is 2.47. The molecule has 0 radical (unpaired) electrons. The van der Waals surface area contributed by atoms with Crippen molar-refractivity contribution in [3.63, 3.8) is 0 Å². The summed E-state index contributed by atoms with van der Waals surface area (Å²) in [6.45, 7) is 3.84. The maximum Gasteiger partial charge on any atom is 0.208 e. The number of nitrogens with one attached hydrogen (secondary N) is 2. The molecule has 2 rings (SSSR count). The lowest BCUT2D eigenvalue weighted by molar-refractivity contribution is 0.445. The summed E-state index contributed by atoms with van der Waals surface area (Å²) in [5, 5.41) is 3.14. The summed E-state index contributed by atoms with van der Waals surface area (Å²) in [6.07, 6.45) is 2.38. The van der Waals surface area contributed by atoms with Crippen molar-refractivity contribution in [2.45, 2.75) is 25.8 Å². The number of furan rings is 1. The van der Waals surface area contributed by atoms with E-state index in [2.05, 4.69) is 17.0 Å². The van der Waals surface area contributed by atoms with Gasteiger partial charge in [-0.1, -0.05) is 6.92 Å². The molecule has 1 aliphatic carbocycles. The molecule has 1 fully saturated rings. The molecule has 18 heavy (non-hydrogen) atoms. The van der Waals surface area contributed by atoms with Gasteiger partial charge >= 0.3 is 0 Å². The SMILES string of the molecule is CC1CC1c1ccc(CNCCNS(C)(=O)=O)o1. The van der Waals surface area contributed by atoms with Crippen LogP contribution in [-0.4, -0.2) is 27.8 Å². The quantitative estimate of drug-likeness (QED) is 0.728. The average molecular weight is 272 g/mol. The second kappa shape index (κ2) is 5.42. The van der Waals surface area contributed by atoms with Gasteiger partial charge in [-0.05, 0) is 24.5 Å². The van der Waals surface area contributed by atoms with Crippen LogP contribution in [-0.2, 0) is 16.6 Å². The minimum absolute atomic E-state index is 0.395. The average Bonchev–Trinajstić information content (AvgIpc) is 2.82. The topological polar surface area (TPSA) is 71.3 Å². The summed E-state index contributed by atoms with van der Waals surface area (Å²) in [6, 6.07) is 4.03. The summed E-state index contributed by atoms with van der Waals surface area (Å²) in [4.78, 5) is 0. The monoisotopic (exact) mass is 272 g/mol. The van der Waals surface area contributed by atoms with Crippen molar-refractivity contribution in [2.24, 2.45) is 5.92 Å². The molecule has 102 valence electrons. The maximum absolute atomic E-state index is 10.8. The van der Waals surface area contributed by atoms with E-state index in [-0.39, 0.29) is 0 Å². The summed E-state index contributed by atoms with van der Waals surface area (Å²) in [7, 11) is -3.09. The Labute approximate surface area is 108 Å². The van der Waals surface area contributed by atoms with Crippen LogP contribution in [0.2, 0.25) is 0 Å². The van der Waals surface area contributed by atoms with Gasteiger partial charge in [-0.25, -0.2) is 13.1 Å². The zero-order valence-electron chi connectivity index (χ0n) is 10.8. The molecule has 2 unspecified atom stereocenters. The molecule has 2 N–H and O–H groups in total. The highest BCUT2D eigenvalue weighted by molar-refractivity contribution is 7.88. The molecular weight excluding hydrogens is 252 g/mol. The minimum atomic E-state index is -3.09. The molecule has 0 bridgehead atoms. The summed E-state index contributed by atoms with van der Waals surface area (Å²) < 4.78 is 29.8. The van der Waals surface area contributed by atoms with E-state index in [1.165, 1.54) is 6.42 Å². The van der Waals surface area contributed by atoms with Crippen LogP contribution in [0.5, 0.6) is 0 Å². The van der Waals surface area contributed by atoms with Crippen LogP contribution >= 0.6 is 0 Å². The van der Waals surface area contributed by atoms with E-state index in [0.29, 0.717) is 25.6 Å². The number of hydrogen-bond acceptors (Lipinski definition) is 4. The van der Waals surface area contributed by atoms with Crippen LogP contribution in [0.1, 0.15) is 30.8 Å². The summed E-state index contributed by atoms with van der Waals surface area (Å²) in [5.74, 6) is 3.33. The summed E-state index contributed by atoms with van der Waals surface area (Å²) in [5.41, 5.74) is 0. The van der Waals surface area contributed by atoms with Gasteiger partial charge in [-0.15, -0.1) is 0 Å². The highest BCUT2D eigenvalue weighted by Gasteiger charge is 2.36. The normalized spacial score (nSPS) is 23.2. The van der Waals surface area contributed by atoms with Crippen LogP contribution in [0.15, 0.2) is 16.5 Å². The molecule has 1 aromatic heterocycles. The number of sulfonamides is 1. The molecule has 0 spiro atoms. The smallest absolute Gasteiger partial charge is 0.208 e. The molecule has 0 aliphatic heterocycles. The van der Waals surface area contributed by atoms with E-state index in [1.54, 1.807) is 0 Å². The van der Waals surface area contributed by atoms with Gasteiger partial charge in [0.1, 0.15) is 11.5 Å². The standard InChI is InChI=1S/C12H20N2O3S/c1-9-7-11(9)12-4-3-10(17-12)8-13-5-6-14-18(2,15)16/h3-4,9,11,13-14H,5-8H2,1-2H3. The second-order valence-corrected chi connectivity index (χ2v) is 6.80. The minimum Gasteiger partial charge on any atom is -0.464 e. The largest absolute Gasteiger partial charge is 0.464 e. The van der Waals surface area contributed by atoms with E-state index in [1.807, 2.05) is 12.1 Å². The molecule has 1 aromatic rings. The molecule has 0 aromatic carbocycles. The Bertz CT molecular complexity index is 495. The van der Waals surface area contributed by atoms with Crippen molar-refractivity contribution in [3.8, 4) is 0 Å².